The highest BCUT2D eigenvalue weighted by Gasteiger charge is 2.05. The van der Waals surface area contributed by atoms with E-state index in [-0.39, 0.29) is 11.8 Å². The number of thioether (sulfide) groups is 1. The molecule has 0 aliphatic heterocycles. The molecule has 0 unspecified atom stereocenters. The van der Waals surface area contributed by atoms with Gasteiger partial charge in [-0.1, -0.05) is 6.92 Å². The van der Waals surface area contributed by atoms with Crippen molar-refractivity contribution in [3.05, 3.63) is 18.3 Å². The minimum atomic E-state index is -3.17. The van der Waals surface area contributed by atoms with Crippen LogP contribution in [0.1, 0.15) is 20.3 Å². The van der Waals surface area contributed by atoms with Gasteiger partial charge in [-0.05, 0) is 31.2 Å². The second-order valence-electron chi connectivity index (χ2n) is 4.35. The van der Waals surface area contributed by atoms with Crippen LogP contribution < -0.4 is 15.4 Å². The third-order valence-electron chi connectivity index (χ3n) is 2.63. The number of rotatable bonds is 9. The molecule has 9 heteroatoms. The van der Waals surface area contributed by atoms with E-state index in [9.17, 15) is 13.2 Å². The number of carbonyl (C=O) groups is 1. The van der Waals surface area contributed by atoms with Crippen molar-refractivity contribution in [2.75, 3.05) is 29.9 Å². The molecule has 0 fully saturated rings. The van der Waals surface area contributed by atoms with Crippen molar-refractivity contribution in [3.63, 3.8) is 0 Å². The minimum Gasteiger partial charge on any atom is -0.338 e. The van der Waals surface area contributed by atoms with Crippen LogP contribution in [0.5, 0.6) is 0 Å². The van der Waals surface area contributed by atoms with E-state index in [0.717, 1.165) is 10.8 Å². The van der Waals surface area contributed by atoms with E-state index in [1.54, 1.807) is 30.9 Å². The molecule has 0 aliphatic carbocycles. The lowest BCUT2D eigenvalue weighted by Gasteiger charge is -2.08. The SMILES string of the molecule is CCSc1ccc(NC(=O)NCCCNS(=O)(=O)CC)cn1. The first-order valence-electron chi connectivity index (χ1n) is 7.08. The van der Waals surface area contributed by atoms with E-state index in [1.165, 1.54) is 0 Å². The predicted octanol–water partition coefficient (Wildman–Crippen LogP) is 1.64. The van der Waals surface area contributed by atoms with Crippen LogP contribution in [-0.4, -0.2) is 44.0 Å². The Morgan fingerprint density at radius 1 is 1.27 bits per heavy atom. The third kappa shape index (κ3) is 7.62. The molecule has 1 rings (SSSR count). The fraction of sp³-hybridized carbons (Fsp3) is 0.538. The van der Waals surface area contributed by atoms with Crippen molar-refractivity contribution >= 4 is 33.5 Å². The van der Waals surface area contributed by atoms with E-state index in [2.05, 4.69) is 20.3 Å². The van der Waals surface area contributed by atoms with Crippen molar-refractivity contribution in [1.29, 1.82) is 0 Å². The molecule has 1 heterocycles. The van der Waals surface area contributed by atoms with Crippen LogP contribution >= 0.6 is 11.8 Å². The quantitative estimate of drug-likeness (QED) is 0.466. The molecule has 0 aromatic carbocycles. The molecule has 2 amide bonds. The molecule has 124 valence electrons. The van der Waals surface area contributed by atoms with Crippen molar-refractivity contribution in [2.45, 2.75) is 25.3 Å². The highest BCUT2D eigenvalue weighted by atomic mass is 32.2. The molecule has 0 spiro atoms. The molecule has 0 aliphatic rings. The second kappa shape index (κ2) is 9.65. The van der Waals surface area contributed by atoms with E-state index in [1.807, 2.05) is 13.0 Å². The van der Waals surface area contributed by atoms with Gasteiger partial charge >= 0.3 is 6.03 Å². The fourth-order valence-corrected chi connectivity index (χ4v) is 2.73. The van der Waals surface area contributed by atoms with E-state index in [0.29, 0.717) is 25.2 Å². The number of aromatic nitrogens is 1. The van der Waals surface area contributed by atoms with Gasteiger partial charge in [0.15, 0.2) is 0 Å². The molecule has 0 radical (unpaired) electrons. The highest BCUT2D eigenvalue weighted by molar-refractivity contribution is 7.99. The summed E-state index contributed by atoms with van der Waals surface area (Å²) in [5.41, 5.74) is 0.615. The lowest BCUT2D eigenvalue weighted by atomic mass is 10.4. The average Bonchev–Trinajstić information content (AvgIpc) is 2.49. The summed E-state index contributed by atoms with van der Waals surface area (Å²) in [7, 11) is -3.17. The van der Waals surface area contributed by atoms with E-state index in [4.69, 9.17) is 0 Å². The summed E-state index contributed by atoms with van der Waals surface area (Å²) < 4.78 is 24.8. The Hall–Kier alpha value is -1.32. The van der Waals surface area contributed by atoms with Crippen molar-refractivity contribution < 1.29 is 13.2 Å². The number of pyridine rings is 1. The fourth-order valence-electron chi connectivity index (χ4n) is 1.48. The van der Waals surface area contributed by atoms with Crippen molar-refractivity contribution in [1.82, 2.24) is 15.0 Å². The normalized spacial score (nSPS) is 11.2. The van der Waals surface area contributed by atoms with Gasteiger partial charge in [-0.2, -0.15) is 0 Å². The number of nitrogens with zero attached hydrogens (tertiary/aromatic N) is 1. The summed E-state index contributed by atoms with van der Waals surface area (Å²) >= 11 is 1.63. The van der Waals surface area contributed by atoms with Gasteiger partial charge in [0.1, 0.15) is 0 Å². The molecule has 1 aromatic heterocycles. The summed E-state index contributed by atoms with van der Waals surface area (Å²) in [4.78, 5) is 15.9. The van der Waals surface area contributed by atoms with Gasteiger partial charge in [0.05, 0.1) is 22.7 Å². The van der Waals surface area contributed by atoms with Crippen LogP contribution in [0, 0.1) is 0 Å². The Morgan fingerprint density at radius 2 is 2.05 bits per heavy atom. The number of hydrogen-bond acceptors (Lipinski definition) is 5. The Kier molecular flexibility index (Phi) is 8.21. The summed E-state index contributed by atoms with van der Waals surface area (Å²) in [5, 5.41) is 6.24. The Bertz CT molecular complexity index is 561. The zero-order chi connectivity index (χ0) is 16.4. The van der Waals surface area contributed by atoms with Gasteiger partial charge in [-0.25, -0.2) is 22.9 Å². The molecular weight excluding hydrogens is 324 g/mol. The number of hydrogen-bond donors (Lipinski definition) is 3. The van der Waals surface area contributed by atoms with Crippen LogP contribution in [0.3, 0.4) is 0 Å². The van der Waals surface area contributed by atoms with E-state index >= 15 is 0 Å². The van der Waals surface area contributed by atoms with Crippen LogP contribution in [-0.2, 0) is 10.0 Å². The number of anilines is 1. The van der Waals surface area contributed by atoms with Gasteiger partial charge in [0, 0.05) is 13.1 Å². The highest BCUT2D eigenvalue weighted by Crippen LogP contribution is 2.16. The number of sulfonamides is 1. The third-order valence-corrected chi connectivity index (χ3v) is 4.86. The van der Waals surface area contributed by atoms with Gasteiger partial charge in [-0.15, -0.1) is 11.8 Å². The summed E-state index contributed by atoms with van der Waals surface area (Å²) in [6.07, 6.45) is 2.13. The number of urea groups is 1. The van der Waals surface area contributed by atoms with Crippen molar-refractivity contribution in [2.24, 2.45) is 0 Å². The molecule has 0 bridgehead atoms. The first-order chi connectivity index (χ1) is 10.5. The van der Waals surface area contributed by atoms with Crippen LogP contribution in [0.4, 0.5) is 10.5 Å². The maximum Gasteiger partial charge on any atom is 0.319 e. The maximum atomic E-state index is 11.6. The number of nitrogens with one attached hydrogen (secondary N) is 3. The average molecular weight is 346 g/mol. The van der Waals surface area contributed by atoms with Gasteiger partial charge < -0.3 is 10.6 Å². The van der Waals surface area contributed by atoms with E-state index < -0.39 is 10.0 Å². The van der Waals surface area contributed by atoms with Crippen molar-refractivity contribution in [3.8, 4) is 0 Å². The molecule has 0 saturated carbocycles. The summed E-state index contributed by atoms with van der Waals surface area (Å²) in [5.74, 6) is 1.00. The zero-order valence-electron chi connectivity index (χ0n) is 12.8. The maximum absolute atomic E-state index is 11.6. The number of amides is 2. The smallest absolute Gasteiger partial charge is 0.319 e. The molecule has 22 heavy (non-hydrogen) atoms. The lowest BCUT2D eigenvalue weighted by molar-refractivity contribution is 0.252. The lowest BCUT2D eigenvalue weighted by Crippen LogP contribution is -2.32. The Balaban J connectivity index is 2.23. The molecule has 3 N–H and O–H groups in total. The standard InChI is InChI=1S/C13H22N4O3S2/c1-3-21-12-7-6-11(10-15-12)17-13(18)14-8-5-9-16-22(19,20)4-2/h6-7,10,16H,3-5,8-9H2,1-2H3,(H2,14,17,18). The predicted molar refractivity (Wildman–Crippen MR) is 89.7 cm³/mol. The molecule has 0 atom stereocenters. The topological polar surface area (TPSA) is 100 Å². The van der Waals surface area contributed by atoms with Gasteiger partial charge in [0.25, 0.3) is 0 Å². The zero-order valence-corrected chi connectivity index (χ0v) is 14.4. The van der Waals surface area contributed by atoms with Gasteiger partial charge in [-0.3, -0.25) is 0 Å². The van der Waals surface area contributed by atoms with Gasteiger partial charge in [0.2, 0.25) is 10.0 Å². The molecule has 0 saturated heterocycles. The summed E-state index contributed by atoms with van der Waals surface area (Å²) in [6, 6.07) is 3.31. The second-order valence-corrected chi connectivity index (χ2v) is 7.73. The Labute approximate surface area is 135 Å². The molecular formula is C13H22N4O3S2. The minimum absolute atomic E-state index is 0.0558. The monoisotopic (exact) mass is 346 g/mol. The first-order valence-corrected chi connectivity index (χ1v) is 9.71. The van der Waals surface area contributed by atoms with Crippen LogP contribution in [0.25, 0.3) is 0 Å². The molecule has 7 nitrogen and oxygen atoms in total. The Morgan fingerprint density at radius 3 is 2.64 bits per heavy atom. The molecule has 1 aromatic rings. The largest absolute Gasteiger partial charge is 0.338 e. The van der Waals surface area contributed by atoms with Crippen LogP contribution in [0.2, 0.25) is 0 Å². The number of carbonyl (C=O) groups excluding carboxylic acids is 1. The summed E-state index contributed by atoms with van der Waals surface area (Å²) in [6.45, 7) is 4.31. The first kappa shape index (κ1) is 18.7. The van der Waals surface area contributed by atoms with Crippen LogP contribution in [0.15, 0.2) is 23.4 Å².